The molecule has 2 aromatic carbocycles. The van der Waals surface area contributed by atoms with Gasteiger partial charge in [0.1, 0.15) is 12.4 Å². The van der Waals surface area contributed by atoms with Gasteiger partial charge in [-0.15, -0.1) is 0 Å². The lowest BCUT2D eigenvalue weighted by Crippen LogP contribution is -2.09. The Bertz CT molecular complexity index is 1040. The number of fused-ring (bicyclic) bond motifs is 2. The molecule has 2 heterocycles. The lowest BCUT2D eigenvalue weighted by atomic mass is 10.1. The van der Waals surface area contributed by atoms with Crippen molar-refractivity contribution >= 4 is 33.4 Å². The highest BCUT2D eigenvalue weighted by atomic mass is 16.6. The first kappa shape index (κ1) is 16.0. The van der Waals surface area contributed by atoms with Crippen LogP contribution in [0, 0.1) is 10.1 Å². The van der Waals surface area contributed by atoms with Gasteiger partial charge in [-0.1, -0.05) is 41.4 Å². The molecule has 26 heavy (non-hydrogen) atoms. The summed E-state index contributed by atoms with van der Waals surface area (Å²) < 4.78 is 1.56. The van der Waals surface area contributed by atoms with E-state index in [1.54, 1.807) is 10.8 Å². The van der Waals surface area contributed by atoms with E-state index >= 15 is 0 Å². The van der Waals surface area contributed by atoms with Crippen LogP contribution in [0.2, 0.25) is 0 Å². The van der Waals surface area contributed by atoms with Crippen LogP contribution in [0.5, 0.6) is 0 Å². The fourth-order valence-electron chi connectivity index (χ4n) is 3.14. The summed E-state index contributed by atoms with van der Waals surface area (Å²) in [6, 6.07) is 16.1. The van der Waals surface area contributed by atoms with Crippen LogP contribution in [0.25, 0.3) is 21.8 Å². The highest BCUT2D eigenvalue weighted by Crippen LogP contribution is 2.30. The van der Waals surface area contributed by atoms with Crippen molar-refractivity contribution in [2.45, 2.75) is 13.0 Å². The Balaban J connectivity index is 1.56. The highest BCUT2D eigenvalue weighted by Gasteiger charge is 2.13. The van der Waals surface area contributed by atoms with Crippen LogP contribution >= 0.6 is 0 Å². The summed E-state index contributed by atoms with van der Waals surface area (Å²) in [6.45, 7) is 1.22. The molecule has 2 aromatic heterocycles. The molecular formula is C19H17N5O2. The highest BCUT2D eigenvalue weighted by molar-refractivity contribution is 6.07. The molecule has 0 unspecified atom stereocenters. The smallest absolute Gasteiger partial charge is 0.390 e. The van der Waals surface area contributed by atoms with Crippen molar-refractivity contribution in [1.82, 2.24) is 14.5 Å². The zero-order valence-electron chi connectivity index (χ0n) is 14.0. The number of anilines is 1. The predicted octanol–water partition coefficient (Wildman–Crippen LogP) is 3.99. The molecular weight excluding hydrogens is 330 g/mol. The van der Waals surface area contributed by atoms with E-state index in [2.05, 4.69) is 22.4 Å². The standard InChI is InChI=1S/C19H17N5O2/c25-24(26)19-21-11-13-23(19)12-5-10-20-18-14-6-1-3-8-16(14)22-17-9-4-2-7-15(17)18/h1-4,6-9,11,13H,5,10,12H2,(H,20,22). The zero-order valence-corrected chi connectivity index (χ0v) is 14.0. The molecule has 1 N–H and O–H groups in total. The van der Waals surface area contributed by atoms with Gasteiger partial charge in [0.05, 0.1) is 23.3 Å². The molecule has 0 spiro atoms. The summed E-state index contributed by atoms with van der Waals surface area (Å²) in [6.07, 6.45) is 3.83. The van der Waals surface area contributed by atoms with Crippen LogP contribution in [-0.4, -0.2) is 26.0 Å². The average molecular weight is 347 g/mol. The number of nitrogens with zero attached hydrogens (tertiary/aromatic N) is 4. The van der Waals surface area contributed by atoms with Crippen LogP contribution < -0.4 is 5.32 Å². The minimum atomic E-state index is -0.461. The number of nitrogens with one attached hydrogen (secondary N) is 1. The summed E-state index contributed by atoms with van der Waals surface area (Å²) >= 11 is 0. The molecule has 0 fully saturated rings. The van der Waals surface area contributed by atoms with E-state index in [1.165, 1.54) is 6.20 Å². The predicted molar refractivity (Wildman–Crippen MR) is 101 cm³/mol. The molecule has 130 valence electrons. The van der Waals surface area contributed by atoms with E-state index in [9.17, 15) is 10.1 Å². The third-order valence-electron chi connectivity index (χ3n) is 4.32. The number of para-hydroxylation sites is 2. The second-order valence-corrected chi connectivity index (χ2v) is 5.98. The van der Waals surface area contributed by atoms with E-state index in [4.69, 9.17) is 4.98 Å². The van der Waals surface area contributed by atoms with Crippen molar-refractivity contribution in [1.29, 1.82) is 0 Å². The van der Waals surface area contributed by atoms with Gasteiger partial charge in [0.2, 0.25) is 0 Å². The Morgan fingerprint density at radius 3 is 2.35 bits per heavy atom. The molecule has 0 bridgehead atoms. The summed E-state index contributed by atoms with van der Waals surface area (Å²) in [4.78, 5) is 18.9. The number of pyridine rings is 1. The Morgan fingerprint density at radius 2 is 1.69 bits per heavy atom. The molecule has 0 saturated heterocycles. The second kappa shape index (κ2) is 6.79. The van der Waals surface area contributed by atoms with E-state index < -0.39 is 4.92 Å². The second-order valence-electron chi connectivity index (χ2n) is 5.98. The van der Waals surface area contributed by atoms with Gasteiger partial charge < -0.3 is 15.4 Å². The molecule has 0 aliphatic rings. The first-order chi connectivity index (χ1) is 12.7. The van der Waals surface area contributed by atoms with E-state index in [-0.39, 0.29) is 5.95 Å². The molecule has 0 saturated carbocycles. The number of imidazole rings is 1. The first-order valence-corrected chi connectivity index (χ1v) is 8.41. The van der Waals surface area contributed by atoms with E-state index in [0.717, 1.165) is 33.9 Å². The molecule has 4 rings (SSSR count). The van der Waals surface area contributed by atoms with E-state index in [1.807, 2.05) is 36.4 Å². The molecule has 0 aliphatic heterocycles. The maximum Gasteiger partial charge on any atom is 0.434 e. The SMILES string of the molecule is O=[N+]([O-])c1nccn1CCCNc1c2ccccc2nc2ccccc12. The molecule has 4 aromatic rings. The average Bonchev–Trinajstić information content (AvgIpc) is 3.13. The molecule has 7 heteroatoms. The monoisotopic (exact) mass is 347 g/mol. The molecule has 0 amide bonds. The molecule has 0 radical (unpaired) electrons. The van der Waals surface area contributed by atoms with Crippen molar-refractivity contribution in [3.05, 3.63) is 71.0 Å². The lowest BCUT2D eigenvalue weighted by molar-refractivity contribution is -0.396. The number of rotatable bonds is 6. The molecule has 7 nitrogen and oxygen atoms in total. The Labute approximate surface area is 149 Å². The summed E-state index contributed by atoms with van der Waals surface area (Å²) in [5.74, 6) is -0.121. The van der Waals surface area contributed by atoms with Crippen molar-refractivity contribution < 1.29 is 4.92 Å². The number of aromatic nitrogens is 3. The van der Waals surface area contributed by atoms with Gasteiger partial charge in [-0.05, 0) is 23.5 Å². The normalized spacial score (nSPS) is 11.1. The number of benzene rings is 2. The fraction of sp³-hybridized carbons (Fsp3) is 0.158. The number of hydrogen-bond donors (Lipinski definition) is 1. The quantitative estimate of drug-likeness (QED) is 0.247. The van der Waals surface area contributed by atoms with E-state index in [0.29, 0.717) is 13.1 Å². The number of nitro groups is 1. The van der Waals surface area contributed by atoms with Gasteiger partial charge in [0, 0.05) is 17.3 Å². The third kappa shape index (κ3) is 2.95. The van der Waals surface area contributed by atoms with Crippen molar-refractivity contribution in [3.63, 3.8) is 0 Å². The maximum absolute atomic E-state index is 10.9. The largest absolute Gasteiger partial charge is 0.434 e. The van der Waals surface area contributed by atoms with Gasteiger partial charge in [-0.25, -0.2) is 9.55 Å². The van der Waals surface area contributed by atoms with Crippen LogP contribution in [-0.2, 0) is 6.54 Å². The van der Waals surface area contributed by atoms with Crippen LogP contribution in [0.4, 0.5) is 11.6 Å². The minimum absolute atomic E-state index is 0.121. The zero-order chi connectivity index (χ0) is 17.9. The maximum atomic E-state index is 10.9. The summed E-state index contributed by atoms with van der Waals surface area (Å²) in [5.41, 5.74) is 2.93. The van der Waals surface area contributed by atoms with Gasteiger partial charge in [0.25, 0.3) is 0 Å². The van der Waals surface area contributed by atoms with Crippen LogP contribution in [0.3, 0.4) is 0 Å². The summed E-state index contributed by atoms with van der Waals surface area (Å²) in [5, 5.41) is 16.6. The Hall–Kier alpha value is -3.48. The van der Waals surface area contributed by atoms with Crippen molar-refractivity contribution in [2.75, 3.05) is 11.9 Å². The van der Waals surface area contributed by atoms with Gasteiger partial charge in [-0.3, -0.25) is 0 Å². The van der Waals surface area contributed by atoms with Gasteiger partial charge >= 0.3 is 5.95 Å². The van der Waals surface area contributed by atoms with Crippen molar-refractivity contribution in [2.24, 2.45) is 0 Å². The Kier molecular flexibility index (Phi) is 4.18. The molecule has 0 aliphatic carbocycles. The van der Waals surface area contributed by atoms with Gasteiger partial charge in [0.15, 0.2) is 0 Å². The van der Waals surface area contributed by atoms with Crippen LogP contribution in [0.15, 0.2) is 60.9 Å². The Morgan fingerprint density at radius 1 is 1.04 bits per heavy atom. The number of aryl methyl sites for hydroxylation is 1. The number of hydrogen-bond acceptors (Lipinski definition) is 5. The lowest BCUT2D eigenvalue weighted by Gasteiger charge is -2.13. The van der Waals surface area contributed by atoms with Gasteiger partial charge in [-0.2, -0.15) is 0 Å². The first-order valence-electron chi connectivity index (χ1n) is 8.41. The van der Waals surface area contributed by atoms with Crippen LogP contribution in [0.1, 0.15) is 6.42 Å². The topological polar surface area (TPSA) is 85.9 Å². The fourth-order valence-corrected chi connectivity index (χ4v) is 3.14. The van der Waals surface area contributed by atoms with Crippen molar-refractivity contribution in [3.8, 4) is 0 Å². The molecule has 0 atom stereocenters. The minimum Gasteiger partial charge on any atom is -0.390 e. The third-order valence-corrected chi connectivity index (χ3v) is 4.32. The summed E-state index contributed by atoms with van der Waals surface area (Å²) in [7, 11) is 0.